The van der Waals surface area contributed by atoms with E-state index in [9.17, 15) is 20.1 Å². The predicted octanol–water partition coefficient (Wildman–Crippen LogP) is 4.57. The molecule has 0 amide bonds. The highest BCUT2D eigenvalue weighted by molar-refractivity contribution is 6.01. The van der Waals surface area contributed by atoms with E-state index < -0.39 is 11.9 Å². The summed E-state index contributed by atoms with van der Waals surface area (Å²) in [6, 6.07) is 10.7. The van der Waals surface area contributed by atoms with Crippen LogP contribution in [0.1, 0.15) is 43.1 Å². The Morgan fingerprint density at radius 1 is 1.03 bits per heavy atom. The average molecular weight is 396 g/mol. The fourth-order valence-corrected chi connectivity index (χ4v) is 2.67. The van der Waals surface area contributed by atoms with Crippen LogP contribution in [0.5, 0.6) is 17.2 Å². The van der Waals surface area contributed by atoms with Crippen molar-refractivity contribution in [3.05, 3.63) is 76.9 Å². The van der Waals surface area contributed by atoms with Gasteiger partial charge in [0.25, 0.3) is 0 Å². The van der Waals surface area contributed by atoms with Gasteiger partial charge in [-0.1, -0.05) is 29.4 Å². The fourth-order valence-electron chi connectivity index (χ4n) is 2.67. The molecule has 0 saturated carbocycles. The second kappa shape index (κ2) is 10.5. The summed E-state index contributed by atoms with van der Waals surface area (Å²) in [6.45, 7) is 6.49. The molecule has 0 aliphatic heterocycles. The fraction of sp³-hybridized carbons (Fsp3) is 0.292. The van der Waals surface area contributed by atoms with Crippen molar-refractivity contribution in [1.82, 2.24) is 0 Å². The molecule has 0 bridgehead atoms. The molecule has 0 fully saturated rings. The second-order valence-electron chi connectivity index (χ2n) is 7.28. The summed E-state index contributed by atoms with van der Waals surface area (Å²) in [5.41, 5.74) is 3.19. The van der Waals surface area contributed by atoms with Crippen LogP contribution in [0.25, 0.3) is 0 Å². The van der Waals surface area contributed by atoms with Crippen LogP contribution >= 0.6 is 0 Å². The van der Waals surface area contributed by atoms with Crippen molar-refractivity contribution >= 4 is 5.78 Å². The van der Waals surface area contributed by atoms with E-state index in [1.807, 2.05) is 13.0 Å². The number of benzene rings is 2. The first-order valence-corrected chi connectivity index (χ1v) is 9.51. The van der Waals surface area contributed by atoms with Gasteiger partial charge in [-0.05, 0) is 63.1 Å². The number of hydrogen-bond donors (Lipinski definition) is 3. The van der Waals surface area contributed by atoms with Crippen LogP contribution in [-0.4, -0.2) is 33.8 Å². The second-order valence-corrected chi connectivity index (χ2v) is 7.28. The van der Waals surface area contributed by atoms with Crippen LogP contribution in [0.15, 0.2) is 65.8 Å². The topological polar surface area (TPSA) is 87.0 Å². The summed E-state index contributed by atoms with van der Waals surface area (Å²) in [5.74, 6) is -0.245. The van der Waals surface area contributed by atoms with Gasteiger partial charge in [-0.15, -0.1) is 0 Å². The first-order chi connectivity index (χ1) is 13.8. The number of ketones is 1. The van der Waals surface area contributed by atoms with Gasteiger partial charge < -0.3 is 20.1 Å². The molecule has 0 radical (unpaired) electrons. The molecule has 0 aliphatic rings. The number of Topliss-reactive ketones (excluding diaryl/α,β-unsaturated/α-hetero) is 1. The lowest BCUT2D eigenvalue weighted by Crippen LogP contribution is -2.23. The van der Waals surface area contributed by atoms with Crippen LogP contribution in [0.4, 0.5) is 0 Å². The van der Waals surface area contributed by atoms with Gasteiger partial charge in [-0.3, -0.25) is 4.79 Å². The summed E-state index contributed by atoms with van der Waals surface area (Å²) in [5, 5.41) is 29.7. The van der Waals surface area contributed by atoms with Gasteiger partial charge in [-0.2, -0.15) is 0 Å². The number of aromatic hydroxyl groups is 2. The van der Waals surface area contributed by atoms with Gasteiger partial charge in [-0.25, -0.2) is 0 Å². The molecular weight excluding hydrogens is 368 g/mol. The molecule has 0 aliphatic carbocycles. The largest absolute Gasteiger partial charge is 0.508 e. The van der Waals surface area contributed by atoms with E-state index in [2.05, 4.69) is 19.9 Å². The molecule has 154 valence electrons. The van der Waals surface area contributed by atoms with Crippen molar-refractivity contribution in [2.24, 2.45) is 0 Å². The van der Waals surface area contributed by atoms with Gasteiger partial charge in [0.1, 0.15) is 30.0 Å². The maximum absolute atomic E-state index is 12.5. The monoisotopic (exact) mass is 396 g/mol. The van der Waals surface area contributed by atoms with Gasteiger partial charge >= 0.3 is 0 Å². The maximum atomic E-state index is 12.5. The SMILES string of the molecule is CC(C)=CC/C(C)=C/COc1ccc(C(=O)C(O)Cc2ccc(O)cc2)c(O)c1. The Morgan fingerprint density at radius 3 is 2.34 bits per heavy atom. The van der Waals surface area contributed by atoms with E-state index in [4.69, 9.17) is 4.74 Å². The lowest BCUT2D eigenvalue weighted by atomic mass is 9.99. The summed E-state index contributed by atoms with van der Waals surface area (Å²) >= 11 is 0. The minimum Gasteiger partial charge on any atom is -0.508 e. The minimum absolute atomic E-state index is 0.0407. The predicted molar refractivity (Wildman–Crippen MR) is 114 cm³/mol. The summed E-state index contributed by atoms with van der Waals surface area (Å²) in [7, 11) is 0. The number of carbonyl (C=O) groups excluding carboxylic acids is 1. The number of allylic oxidation sites excluding steroid dienone is 3. The Hall–Kier alpha value is -3.05. The van der Waals surface area contributed by atoms with Gasteiger partial charge in [0.05, 0.1) is 5.56 Å². The molecule has 0 aromatic heterocycles. The zero-order valence-electron chi connectivity index (χ0n) is 17.1. The number of carbonyl (C=O) groups is 1. The molecule has 0 saturated heterocycles. The highest BCUT2D eigenvalue weighted by atomic mass is 16.5. The lowest BCUT2D eigenvalue weighted by molar-refractivity contribution is 0.0745. The molecule has 0 heterocycles. The number of hydrogen-bond acceptors (Lipinski definition) is 5. The minimum atomic E-state index is -1.29. The Labute approximate surface area is 171 Å². The molecule has 2 aromatic rings. The Kier molecular flexibility index (Phi) is 8.04. The van der Waals surface area contributed by atoms with Crippen LogP contribution in [0.3, 0.4) is 0 Å². The molecule has 0 spiro atoms. The van der Waals surface area contributed by atoms with Gasteiger partial charge in [0.15, 0.2) is 5.78 Å². The zero-order chi connectivity index (χ0) is 21.4. The van der Waals surface area contributed by atoms with E-state index in [-0.39, 0.29) is 23.5 Å². The number of aliphatic hydroxyl groups excluding tert-OH is 1. The normalized spacial score (nSPS) is 12.3. The summed E-state index contributed by atoms with van der Waals surface area (Å²) < 4.78 is 5.61. The van der Waals surface area contributed by atoms with E-state index in [1.165, 1.54) is 35.4 Å². The van der Waals surface area contributed by atoms with E-state index >= 15 is 0 Å². The van der Waals surface area contributed by atoms with E-state index in [0.29, 0.717) is 17.9 Å². The van der Waals surface area contributed by atoms with Crippen molar-refractivity contribution in [1.29, 1.82) is 0 Å². The van der Waals surface area contributed by atoms with E-state index in [1.54, 1.807) is 18.2 Å². The van der Waals surface area contributed by atoms with Crippen LogP contribution in [0.2, 0.25) is 0 Å². The molecule has 5 heteroatoms. The van der Waals surface area contributed by atoms with Crippen LogP contribution in [-0.2, 0) is 6.42 Å². The molecule has 1 atom stereocenters. The third kappa shape index (κ3) is 7.12. The van der Waals surface area contributed by atoms with Crippen molar-refractivity contribution in [3.63, 3.8) is 0 Å². The number of phenolic OH excluding ortho intramolecular Hbond substituents is 2. The molecular formula is C24H28O5. The summed E-state index contributed by atoms with van der Waals surface area (Å²) in [4.78, 5) is 12.5. The molecule has 29 heavy (non-hydrogen) atoms. The highest BCUT2D eigenvalue weighted by Crippen LogP contribution is 2.25. The standard InChI is InChI=1S/C24H28O5/c1-16(2)4-5-17(3)12-13-29-20-10-11-21(22(26)15-20)24(28)23(27)14-18-6-8-19(25)9-7-18/h4,6-12,15,23,25-27H,5,13-14H2,1-3H3/b17-12+. The Morgan fingerprint density at radius 2 is 1.72 bits per heavy atom. The van der Waals surface area contributed by atoms with Crippen molar-refractivity contribution in [3.8, 4) is 17.2 Å². The number of rotatable bonds is 9. The smallest absolute Gasteiger partial charge is 0.195 e. The third-order valence-electron chi connectivity index (χ3n) is 4.42. The van der Waals surface area contributed by atoms with Crippen molar-refractivity contribution < 1.29 is 24.9 Å². The quantitative estimate of drug-likeness (QED) is 0.427. The third-order valence-corrected chi connectivity index (χ3v) is 4.42. The van der Waals surface area contributed by atoms with Gasteiger partial charge in [0, 0.05) is 12.5 Å². The summed E-state index contributed by atoms with van der Waals surface area (Å²) in [6.07, 6.45) is 3.77. The molecule has 1 unspecified atom stereocenters. The Balaban J connectivity index is 1.97. The average Bonchev–Trinajstić information content (AvgIpc) is 2.67. The lowest BCUT2D eigenvalue weighted by Gasteiger charge is -2.12. The highest BCUT2D eigenvalue weighted by Gasteiger charge is 2.21. The van der Waals surface area contributed by atoms with Crippen LogP contribution < -0.4 is 4.74 Å². The van der Waals surface area contributed by atoms with Gasteiger partial charge in [0.2, 0.25) is 0 Å². The van der Waals surface area contributed by atoms with Crippen molar-refractivity contribution in [2.75, 3.05) is 6.61 Å². The van der Waals surface area contributed by atoms with Crippen molar-refractivity contribution in [2.45, 2.75) is 39.7 Å². The molecule has 5 nitrogen and oxygen atoms in total. The molecule has 3 N–H and O–H groups in total. The first kappa shape index (κ1) is 22.2. The zero-order valence-corrected chi connectivity index (χ0v) is 17.1. The molecule has 2 aromatic carbocycles. The number of aliphatic hydroxyl groups is 1. The first-order valence-electron chi connectivity index (χ1n) is 9.51. The maximum Gasteiger partial charge on any atom is 0.195 e. The number of phenols is 2. The molecule has 2 rings (SSSR count). The number of ether oxygens (including phenoxy) is 1. The Bertz CT molecular complexity index is 890. The van der Waals surface area contributed by atoms with Crippen LogP contribution in [0, 0.1) is 0 Å². The van der Waals surface area contributed by atoms with E-state index in [0.717, 1.165) is 6.42 Å².